The molecule has 2 aromatic carbocycles. The SMILES string of the molecule is COc1ccc(Br)cc1CN(C)S(=O)(=O)c1ccc(F)c(F)c1. The van der Waals surface area contributed by atoms with E-state index in [0.717, 1.165) is 20.9 Å². The molecule has 0 aliphatic carbocycles. The number of hydrogen-bond acceptors (Lipinski definition) is 3. The van der Waals surface area contributed by atoms with Gasteiger partial charge >= 0.3 is 0 Å². The maximum Gasteiger partial charge on any atom is 0.243 e. The molecule has 0 atom stereocenters. The number of benzene rings is 2. The first kappa shape index (κ1) is 17.8. The van der Waals surface area contributed by atoms with Crippen molar-refractivity contribution in [3.8, 4) is 5.75 Å². The lowest BCUT2D eigenvalue weighted by Gasteiger charge is -2.19. The van der Waals surface area contributed by atoms with E-state index >= 15 is 0 Å². The Morgan fingerprint density at radius 2 is 1.83 bits per heavy atom. The van der Waals surface area contributed by atoms with Crippen molar-refractivity contribution in [3.63, 3.8) is 0 Å². The molecule has 0 fully saturated rings. The average Bonchev–Trinajstić information content (AvgIpc) is 2.50. The van der Waals surface area contributed by atoms with Crippen LogP contribution < -0.4 is 4.74 Å². The maximum atomic E-state index is 13.3. The van der Waals surface area contributed by atoms with Crippen LogP contribution in [-0.2, 0) is 16.6 Å². The second kappa shape index (κ2) is 6.94. The van der Waals surface area contributed by atoms with Crippen LogP contribution in [0.4, 0.5) is 8.78 Å². The Balaban J connectivity index is 2.34. The molecule has 0 N–H and O–H groups in total. The van der Waals surface area contributed by atoms with Crippen LogP contribution in [0.2, 0.25) is 0 Å². The number of nitrogens with zero attached hydrogens (tertiary/aromatic N) is 1. The van der Waals surface area contributed by atoms with Gasteiger partial charge in [-0.05, 0) is 36.4 Å². The third-order valence-electron chi connectivity index (χ3n) is 3.23. The number of halogens is 3. The van der Waals surface area contributed by atoms with Crippen molar-refractivity contribution < 1.29 is 21.9 Å². The molecule has 2 aromatic rings. The van der Waals surface area contributed by atoms with Crippen molar-refractivity contribution in [2.24, 2.45) is 0 Å². The summed E-state index contributed by atoms with van der Waals surface area (Å²) in [5.41, 5.74) is 0.635. The molecule has 0 amide bonds. The van der Waals surface area contributed by atoms with Gasteiger partial charge in [-0.3, -0.25) is 0 Å². The molecule has 0 heterocycles. The van der Waals surface area contributed by atoms with Crippen LogP contribution in [0.15, 0.2) is 45.8 Å². The van der Waals surface area contributed by atoms with Gasteiger partial charge in [0.2, 0.25) is 10.0 Å². The molecule has 8 heteroatoms. The topological polar surface area (TPSA) is 46.6 Å². The maximum absolute atomic E-state index is 13.3. The summed E-state index contributed by atoms with van der Waals surface area (Å²) in [4.78, 5) is -0.312. The summed E-state index contributed by atoms with van der Waals surface area (Å²) >= 11 is 3.31. The molecule has 0 saturated heterocycles. The second-order valence-corrected chi connectivity index (χ2v) is 7.75. The van der Waals surface area contributed by atoms with E-state index in [2.05, 4.69) is 15.9 Å². The molecule has 4 nitrogen and oxygen atoms in total. The zero-order valence-corrected chi connectivity index (χ0v) is 14.8. The summed E-state index contributed by atoms with van der Waals surface area (Å²) in [6.45, 7) is 0.0178. The monoisotopic (exact) mass is 405 g/mol. The molecule has 0 aliphatic heterocycles. The molecular weight excluding hydrogens is 392 g/mol. The molecule has 0 aromatic heterocycles. The van der Waals surface area contributed by atoms with Gasteiger partial charge in [-0.1, -0.05) is 15.9 Å². The van der Waals surface area contributed by atoms with Crippen LogP contribution in [0.3, 0.4) is 0 Å². The van der Waals surface area contributed by atoms with Gasteiger partial charge in [-0.15, -0.1) is 0 Å². The van der Waals surface area contributed by atoms with E-state index in [0.29, 0.717) is 17.4 Å². The van der Waals surface area contributed by atoms with Crippen LogP contribution in [0.5, 0.6) is 5.75 Å². The molecule has 0 bridgehead atoms. The average molecular weight is 406 g/mol. The highest BCUT2D eigenvalue weighted by atomic mass is 79.9. The Morgan fingerprint density at radius 3 is 2.43 bits per heavy atom. The van der Waals surface area contributed by atoms with Gasteiger partial charge in [-0.2, -0.15) is 4.31 Å². The van der Waals surface area contributed by atoms with Gasteiger partial charge in [0, 0.05) is 23.6 Å². The number of hydrogen-bond donors (Lipinski definition) is 0. The summed E-state index contributed by atoms with van der Waals surface area (Å²) in [6, 6.07) is 7.69. The molecule has 0 spiro atoms. The van der Waals surface area contributed by atoms with E-state index in [1.807, 2.05) is 0 Å². The molecule has 0 saturated carbocycles. The molecule has 124 valence electrons. The first-order valence-electron chi connectivity index (χ1n) is 6.49. The van der Waals surface area contributed by atoms with E-state index in [1.54, 1.807) is 18.2 Å². The van der Waals surface area contributed by atoms with Gasteiger partial charge in [-0.25, -0.2) is 17.2 Å². The van der Waals surface area contributed by atoms with Gasteiger partial charge in [0.15, 0.2) is 11.6 Å². The Labute approximate surface area is 141 Å². The predicted molar refractivity (Wildman–Crippen MR) is 85.7 cm³/mol. The number of methoxy groups -OCH3 is 1. The van der Waals surface area contributed by atoms with Crippen molar-refractivity contribution in [1.82, 2.24) is 4.31 Å². The Hall–Kier alpha value is -1.51. The molecule has 0 aliphatic rings. The van der Waals surface area contributed by atoms with Crippen LogP contribution in [0.25, 0.3) is 0 Å². The highest BCUT2D eigenvalue weighted by Crippen LogP contribution is 2.26. The van der Waals surface area contributed by atoms with Gasteiger partial charge in [0.25, 0.3) is 0 Å². The summed E-state index contributed by atoms with van der Waals surface area (Å²) in [6.07, 6.45) is 0. The van der Waals surface area contributed by atoms with Crippen molar-refractivity contribution in [2.45, 2.75) is 11.4 Å². The lowest BCUT2D eigenvalue weighted by molar-refractivity contribution is 0.397. The minimum absolute atomic E-state index is 0.0178. The summed E-state index contributed by atoms with van der Waals surface area (Å²) in [5.74, 6) is -1.78. The fraction of sp³-hybridized carbons (Fsp3) is 0.200. The van der Waals surface area contributed by atoms with Crippen molar-refractivity contribution in [1.29, 1.82) is 0 Å². The molecule has 2 rings (SSSR count). The fourth-order valence-corrected chi connectivity index (χ4v) is 3.58. The minimum Gasteiger partial charge on any atom is -0.496 e. The summed E-state index contributed by atoms with van der Waals surface area (Å²) in [7, 11) is -1.12. The Morgan fingerprint density at radius 1 is 1.13 bits per heavy atom. The standard InChI is InChI=1S/C15H14BrF2NO3S/c1-19(9-10-7-11(16)3-6-15(10)22-2)23(20,21)12-4-5-13(17)14(18)8-12/h3-8H,9H2,1-2H3. The van der Waals surface area contributed by atoms with E-state index in [4.69, 9.17) is 4.74 Å². The lowest BCUT2D eigenvalue weighted by Crippen LogP contribution is -2.27. The molecule has 23 heavy (non-hydrogen) atoms. The minimum atomic E-state index is -3.96. The number of sulfonamides is 1. The third kappa shape index (κ3) is 3.88. The van der Waals surface area contributed by atoms with Gasteiger partial charge < -0.3 is 4.74 Å². The van der Waals surface area contributed by atoms with Crippen molar-refractivity contribution >= 4 is 26.0 Å². The quantitative estimate of drug-likeness (QED) is 0.763. The smallest absolute Gasteiger partial charge is 0.243 e. The van der Waals surface area contributed by atoms with E-state index in [9.17, 15) is 17.2 Å². The zero-order valence-electron chi connectivity index (χ0n) is 12.4. The van der Waals surface area contributed by atoms with Gasteiger partial charge in [0.1, 0.15) is 5.75 Å². The summed E-state index contributed by atoms with van der Waals surface area (Å²) in [5, 5.41) is 0. The summed E-state index contributed by atoms with van der Waals surface area (Å²) < 4.78 is 58.2. The van der Waals surface area contributed by atoms with E-state index in [-0.39, 0.29) is 11.4 Å². The zero-order chi connectivity index (χ0) is 17.2. The lowest BCUT2D eigenvalue weighted by atomic mass is 10.2. The second-order valence-electron chi connectivity index (χ2n) is 4.79. The molecule has 0 unspecified atom stereocenters. The van der Waals surface area contributed by atoms with Crippen molar-refractivity contribution in [2.75, 3.05) is 14.2 Å². The van der Waals surface area contributed by atoms with Crippen LogP contribution in [0.1, 0.15) is 5.56 Å². The molecule has 0 radical (unpaired) electrons. The van der Waals surface area contributed by atoms with Crippen LogP contribution >= 0.6 is 15.9 Å². The Kier molecular flexibility index (Phi) is 5.38. The Bertz CT molecular complexity index is 827. The first-order valence-corrected chi connectivity index (χ1v) is 8.73. The van der Waals surface area contributed by atoms with Crippen LogP contribution in [-0.4, -0.2) is 26.9 Å². The highest BCUT2D eigenvalue weighted by molar-refractivity contribution is 9.10. The van der Waals surface area contributed by atoms with E-state index in [1.165, 1.54) is 14.2 Å². The van der Waals surface area contributed by atoms with Crippen molar-refractivity contribution in [3.05, 3.63) is 58.1 Å². The fourth-order valence-electron chi connectivity index (χ4n) is 2.01. The normalized spacial score (nSPS) is 11.7. The predicted octanol–water partition coefficient (Wildman–Crippen LogP) is 3.56. The number of rotatable bonds is 5. The van der Waals surface area contributed by atoms with Gasteiger partial charge in [0.05, 0.1) is 12.0 Å². The number of ether oxygens (including phenoxy) is 1. The van der Waals surface area contributed by atoms with Crippen LogP contribution in [0, 0.1) is 11.6 Å². The molecular formula is C15H14BrF2NO3S. The highest BCUT2D eigenvalue weighted by Gasteiger charge is 2.23. The largest absolute Gasteiger partial charge is 0.496 e. The first-order chi connectivity index (χ1) is 10.8. The third-order valence-corrected chi connectivity index (χ3v) is 5.53. The van der Waals surface area contributed by atoms with E-state index < -0.39 is 21.7 Å².